The number of aromatic nitrogens is 2. The van der Waals surface area contributed by atoms with E-state index in [1.165, 1.54) is 12.7 Å². The highest BCUT2D eigenvalue weighted by molar-refractivity contribution is 5.43. The van der Waals surface area contributed by atoms with Crippen molar-refractivity contribution in [1.82, 2.24) is 9.97 Å². The van der Waals surface area contributed by atoms with E-state index in [0.29, 0.717) is 29.9 Å². The Morgan fingerprint density at radius 3 is 2.89 bits per heavy atom. The molecule has 1 aromatic rings. The van der Waals surface area contributed by atoms with Crippen LogP contribution in [0.25, 0.3) is 0 Å². The molecule has 1 aliphatic heterocycles. The molecule has 0 N–H and O–H groups in total. The summed E-state index contributed by atoms with van der Waals surface area (Å²) in [5.74, 6) is 0.989. The molecule has 4 heteroatoms. The highest BCUT2D eigenvalue weighted by Crippen LogP contribution is 2.29. The lowest BCUT2D eigenvalue weighted by Gasteiger charge is -2.26. The number of anilines is 1. The van der Waals surface area contributed by atoms with Crippen molar-refractivity contribution in [2.24, 2.45) is 5.92 Å². The topological polar surface area (TPSA) is 29.0 Å². The van der Waals surface area contributed by atoms with Crippen molar-refractivity contribution in [2.75, 3.05) is 11.4 Å². The van der Waals surface area contributed by atoms with Crippen molar-refractivity contribution >= 4 is 5.82 Å². The third kappa shape index (κ3) is 3.23. The second-order valence-electron chi connectivity index (χ2n) is 5.77. The van der Waals surface area contributed by atoms with Crippen LogP contribution in [0.3, 0.4) is 0 Å². The molecule has 1 aromatic heterocycles. The van der Waals surface area contributed by atoms with Crippen LogP contribution in [0.15, 0.2) is 6.33 Å². The minimum Gasteiger partial charge on any atom is -0.351 e. The summed E-state index contributed by atoms with van der Waals surface area (Å²) in [6, 6.07) is 0.441. The molecule has 2 rings (SSSR count). The van der Waals surface area contributed by atoms with Gasteiger partial charge in [-0.05, 0) is 38.0 Å². The van der Waals surface area contributed by atoms with Crippen LogP contribution < -0.4 is 4.90 Å². The van der Waals surface area contributed by atoms with Crippen LogP contribution in [0.1, 0.15) is 52.1 Å². The lowest BCUT2D eigenvalue weighted by molar-refractivity contribution is 0.488. The Balaban J connectivity index is 2.15. The van der Waals surface area contributed by atoms with E-state index in [1.54, 1.807) is 0 Å². The van der Waals surface area contributed by atoms with Gasteiger partial charge >= 0.3 is 0 Å². The van der Waals surface area contributed by atoms with Gasteiger partial charge in [0.05, 0.1) is 5.69 Å². The molecule has 0 spiro atoms. The Bertz CT molecular complexity index is 420. The first kappa shape index (κ1) is 14.2. The molecule has 3 nitrogen and oxygen atoms in total. The molecule has 106 valence electrons. The Hall–Kier alpha value is -1.19. The van der Waals surface area contributed by atoms with Gasteiger partial charge in [0, 0.05) is 12.6 Å². The maximum atomic E-state index is 14.3. The molecule has 0 bridgehead atoms. The van der Waals surface area contributed by atoms with Crippen molar-refractivity contribution < 1.29 is 4.39 Å². The van der Waals surface area contributed by atoms with Crippen LogP contribution in [-0.4, -0.2) is 22.6 Å². The van der Waals surface area contributed by atoms with Gasteiger partial charge in [-0.3, -0.25) is 0 Å². The van der Waals surface area contributed by atoms with Crippen LogP contribution in [-0.2, 0) is 6.42 Å². The largest absolute Gasteiger partial charge is 0.351 e. The van der Waals surface area contributed by atoms with Crippen LogP contribution >= 0.6 is 0 Å². The summed E-state index contributed by atoms with van der Waals surface area (Å²) in [4.78, 5) is 10.4. The lowest BCUT2D eigenvalue weighted by atomic mass is 10.0. The molecule has 2 heterocycles. The predicted molar refractivity (Wildman–Crippen MR) is 75.8 cm³/mol. The van der Waals surface area contributed by atoms with Crippen molar-refractivity contribution in [2.45, 2.75) is 58.9 Å². The van der Waals surface area contributed by atoms with E-state index in [1.807, 2.05) is 6.92 Å². The first-order valence-corrected chi connectivity index (χ1v) is 7.39. The van der Waals surface area contributed by atoms with Gasteiger partial charge < -0.3 is 4.90 Å². The molecule has 1 fully saturated rings. The van der Waals surface area contributed by atoms with Gasteiger partial charge in [-0.1, -0.05) is 20.8 Å². The van der Waals surface area contributed by atoms with Crippen molar-refractivity contribution in [3.63, 3.8) is 0 Å². The minimum atomic E-state index is -0.221. The van der Waals surface area contributed by atoms with Crippen LogP contribution in [0.4, 0.5) is 10.2 Å². The van der Waals surface area contributed by atoms with E-state index in [4.69, 9.17) is 0 Å². The number of aryl methyl sites for hydroxylation is 1. The van der Waals surface area contributed by atoms with E-state index < -0.39 is 0 Å². The van der Waals surface area contributed by atoms with Gasteiger partial charge in [-0.15, -0.1) is 0 Å². The average molecular weight is 265 g/mol. The van der Waals surface area contributed by atoms with Crippen LogP contribution in [0.2, 0.25) is 0 Å². The molecule has 0 aliphatic carbocycles. The average Bonchev–Trinajstić information content (AvgIpc) is 2.85. The molecule has 1 aliphatic rings. The zero-order chi connectivity index (χ0) is 13.8. The van der Waals surface area contributed by atoms with Crippen molar-refractivity contribution in [1.29, 1.82) is 0 Å². The van der Waals surface area contributed by atoms with Crippen molar-refractivity contribution in [3.05, 3.63) is 17.8 Å². The highest BCUT2D eigenvalue weighted by Gasteiger charge is 2.28. The molecule has 1 atom stereocenters. The summed E-state index contributed by atoms with van der Waals surface area (Å²) in [5, 5.41) is 0. The third-order valence-electron chi connectivity index (χ3n) is 3.90. The number of hydrogen-bond acceptors (Lipinski definition) is 3. The van der Waals surface area contributed by atoms with E-state index in [2.05, 4.69) is 28.7 Å². The van der Waals surface area contributed by atoms with Gasteiger partial charge in [0.2, 0.25) is 0 Å². The molecule has 19 heavy (non-hydrogen) atoms. The second kappa shape index (κ2) is 6.31. The highest BCUT2D eigenvalue weighted by atomic mass is 19.1. The summed E-state index contributed by atoms with van der Waals surface area (Å²) in [6.07, 6.45) is 6.71. The zero-order valence-electron chi connectivity index (χ0n) is 12.2. The van der Waals surface area contributed by atoms with E-state index >= 15 is 0 Å². The van der Waals surface area contributed by atoms with Gasteiger partial charge in [-0.25, -0.2) is 14.4 Å². The molecule has 0 aromatic carbocycles. The maximum absolute atomic E-state index is 14.3. The fraction of sp³-hybridized carbons (Fsp3) is 0.733. The number of rotatable bonds is 5. The Morgan fingerprint density at radius 1 is 1.42 bits per heavy atom. The second-order valence-corrected chi connectivity index (χ2v) is 5.77. The number of halogens is 1. The SMILES string of the molecule is CCc1ncnc(N2CCCC2CCC(C)C)c1F. The Kier molecular flexibility index (Phi) is 4.72. The first-order chi connectivity index (χ1) is 9.13. The van der Waals surface area contributed by atoms with E-state index in [-0.39, 0.29) is 5.82 Å². The normalized spacial score (nSPS) is 19.4. The van der Waals surface area contributed by atoms with Crippen LogP contribution in [0, 0.1) is 11.7 Å². The quantitative estimate of drug-likeness (QED) is 0.814. The van der Waals surface area contributed by atoms with Gasteiger partial charge in [0.15, 0.2) is 11.6 Å². The molecule has 1 unspecified atom stereocenters. The van der Waals surface area contributed by atoms with E-state index in [0.717, 1.165) is 25.8 Å². The smallest absolute Gasteiger partial charge is 0.187 e. The molecule has 0 saturated carbocycles. The number of hydrogen-bond donors (Lipinski definition) is 0. The fourth-order valence-corrected chi connectivity index (χ4v) is 2.78. The lowest BCUT2D eigenvalue weighted by Crippen LogP contribution is -2.31. The fourth-order valence-electron chi connectivity index (χ4n) is 2.78. The third-order valence-corrected chi connectivity index (χ3v) is 3.90. The maximum Gasteiger partial charge on any atom is 0.187 e. The molecular formula is C15H24FN3. The van der Waals surface area contributed by atoms with Crippen molar-refractivity contribution in [3.8, 4) is 0 Å². The summed E-state index contributed by atoms with van der Waals surface area (Å²) >= 11 is 0. The van der Waals surface area contributed by atoms with Gasteiger partial charge in [0.25, 0.3) is 0 Å². The molecule has 0 radical (unpaired) electrons. The predicted octanol–water partition coefficient (Wildman–Crippen LogP) is 3.58. The Labute approximate surface area is 115 Å². The summed E-state index contributed by atoms with van der Waals surface area (Å²) in [5.41, 5.74) is 0.527. The summed E-state index contributed by atoms with van der Waals surface area (Å²) in [7, 11) is 0. The summed E-state index contributed by atoms with van der Waals surface area (Å²) < 4.78 is 14.3. The molecule has 1 saturated heterocycles. The first-order valence-electron chi connectivity index (χ1n) is 7.39. The minimum absolute atomic E-state index is 0.221. The molecule has 0 amide bonds. The monoisotopic (exact) mass is 265 g/mol. The van der Waals surface area contributed by atoms with E-state index in [9.17, 15) is 4.39 Å². The summed E-state index contributed by atoms with van der Waals surface area (Å²) in [6.45, 7) is 7.31. The molecular weight excluding hydrogens is 241 g/mol. The standard InChI is InChI=1S/C15H24FN3/c1-4-13-14(16)15(18-10-17-13)19-9-5-6-12(19)8-7-11(2)3/h10-12H,4-9H2,1-3H3. The van der Waals surface area contributed by atoms with Gasteiger partial charge in [0.1, 0.15) is 6.33 Å². The van der Waals surface area contributed by atoms with Gasteiger partial charge in [-0.2, -0.15) is 0 Å². The Morgan fingerprint density at radius 2 is 2.21 bits per heavy atom. The number of nitrogens with zero attached hydrogens (tertiary/aromatic N) is 3. The zero-order valence-corrected chi connectivity index (χ0v) is 12.2. The van der Waals surface area contributed by atoms with Crippen LogP contribution in [0.5, 0.6) is 0 Å².